The maximum absolute atomic E-state index is 9.47. The van der Waals surface area contributed by atoms with Crippen molar-refractivity contribution in [3.8, 4) is 5.75 Å². The number of aryl methyl sites for hydroxylation is 1. The number of fused-ring (bicyclic) bond motifs is 1. The van der Waals surface area contributed by atoms with Gasteiger partial charge in [-0.25, -0.2) is 9.97 Å². The van der Waals surface area contributed by atoms with Gasteiger partial charge in [0.2, 0.25) is 0 Å². The standard InChI is InChI=1S/C23H33N5O2/c1-5-6-9-17(12-13-29)25-23-21(14-24-22(26-23)16(2)3)30-15-19-18-10-7-8-11-20(18)28(4)27-19/h7-8,10-11,14,16-17,29H,5-6,9,12-13,15H2,1-4H3,(H,24,25,26). The summed E-state index contributed by atoms with van der Waals surface area (Å²) in [7, 11) is 1.94. The maximum Gasteiger partial charge on any atom is 0.180 e. The Labute approximate surface area is 178 Å². The SMILES string of the molecule is CCCCC(CCO)Nc1nc(C(C)C)ncc1OCc1nn(C)c2ccccc12. The van der Waals surface area contributed by atoms with Gasteiger partial charge in [0.1, 0.15) is 18.1 Å². The van der Waals surface area contributed by atoms with Crippen LogP contribution in [-0.2, 0) is 13.7 Å². The van der Waals surface area contributed by atoms with Crippen LogP contribution < -0.4 is 10.1 Å². The Kier molecular flexibility index (Phi) is 7.63. The first kappa shape index (κ1) is 22.0. The number of para-hydroxylation sites is 1. The summed E-state index contributed by atoms with van der Waals surface area (Å²) in [6.07, 6.45) is 5.59. The number of ether oxygens (including phenoxy) is 1. The molecule has 0 bridgehead atoms. The fraction of sp³-hybridized carbons (Fsp3) is 0.522. The molecule has 2 heterocycles. The third kappa shape index (κ3) is 5.27. The smallest absolute Gasteiger partial charge is 0.180 e. The molecule has 0 aliphatic carbocycles. The van der Waals surface area contributed by atoms with Gasteiger partial charge in [0.25, 0.3) is 0 Å². The Morgan fingerprint density at radius 1 is 1.20 bits per heavy atom. The highest BCUT2D eigenvalue weighted by Crippen LogP contribution is 2.27. The molecule has 1 unspecified atom stereocenters. The van der Waals surface area contributed by atoms with Gasteiger partial charge in [-0.1, -0.05) is 51.8 Å². The number of benzene rings is 1. The van der Waals surface area contributed by atoms with E-state index >= 15 is 0 Å². The molecule has 7 heteroatoms. The summed E-state index contributed by atoms with van der Waals surface area (Å²) in [6.45, 7) is 6.78. The van der Waals surface area contributed by atoms with Gasteiger partial charge in [-0.15, -0.1) is 0 Å². The van der Waals surface area contributed by atoms with Crippen molar-refractivity contribution >= 4 is 16.7 Å². The second-order valence-electron chi connectivity index (χ2n) is 7.97. The zero-order valence-corrected chi connectivity index (χ0v) is 18.4. The van der Waals surface area contributed by atoms with E-state index in [1.165, 1.54) is 0 Å². The average Bonchev–Trinajstić information content (AvgIpc) is 3.07. The highest BCUT2D eigenvalue weighted by Gasteiger charge is 2.17. The van der Waals surface area contributed by atoms with Crippen LogP contribution in [0, 0.1) is 0 Å². The number of rotatable bonds is 11. The van der Waals surface area contributed by atoms with Crippen molar-refractivity contribution in [2.75, 3.05) is 11.9 Å². The number of aliphatic hydroxyl groups is 1. The van der Waals surface area contributed by atoms with E-state index in [-0.39, 0.29) is 18.6 Å². The first-order valence-corrected chi connectivity index (χ1v) is 10.8. The van der Waals surface area contributed by atoms with Gasteiger partial charge < -0.3 is 15.2 Å². The fourth-order valence-corrected chi connectivity index (χ4v) is 3.50. The van der Waals surface area contributed by atoms with Crippen molar-refractivity contribution in [1.29, 1.82) is 0 Å². The number of hydrogen-bond donors (Lipinski definition) is 2. The molecule has 0 radical (unpaired) electrons. The minimum absolute atomic E-state index is 0.139. The molecule has 7 nitrogen and oxygen atoms in total. The second-order valence-corrected chi connectivity index (χ2v) is 7.97. The molecule has 2 aromatic heterocycles. The quantitative estimate of drug-likeness (QED) is 0.486. The van der Waals surface area contributed by atoms with Gasteiger partial charge in [-0.2, -0.15) is 5.10 Å². The Balaban J connectivity index is 1.83. The number of anilines is 1. The Hall–Kier alpha value is -2.67. The highest BCUT2D eigenvalue weighted by atomic mass is 16.5. The van der Waals surface area contributed by atoms with Crippen molar-refractivity contribution in [1.82, 2.24) is 19.7 Å². The fourth-order valence-electron chi connectivity index (χ4n) is 3.50. The van der Waals surface area contributed by atoms with Gasteiger partial charge in [-0.05, 0) is 18.9 Å². The van der Waals surface area contributed by atoms with Gasteiger partial charge in [0, 0.05) is 31.0 Å². The molecule has 3 aromatic rings. The van der Waals surface area contributed by atoms with Crippen molar-refractivity contribution in [3.63, 3.8) is 0 Å². The molecule has 0 amide bonds. The molecule has 0 saturated carbocycles. The maximum atomic E-state index is 9.47. The summed E-state index contributed by atoms with van der Waals surface area (Å²) in [5.41, 5.74) is 1.95. The van der Waals surface area contributed by atoms with Crippen molar-refractivity contribution in [2.45, 2.75) is 65.0 Å². The number of unbranched alkanes of at least 4 members (excludes halogenated alkanes) is 1. The van der Waals surface area contributed by atoms with Crippen LogP contribution in [0.4, 0.5) is 5.82 Å². The number of aliphatic hydroxyl groups excluding tert-OH is 1. The van der Waals surface area contributed by atoms with Crippen LogP contribution in [0.1, 0.15) is 63.9 Å². The molecule has 162 valence electrons. The lowest BCUT2D eigenvalue weighted by atomic mass is 10.1. The van der Waals surface area contributed by atoms with E-state index < -0.39 is 0 Å². The molecule has 0 aliphatic heterocycles. The molecular weight excluding hydrogens is 378 g/mol. The Morgan fingerprint density at radius 3 is 2.73 bits per heavy atom. The molecule has 1 aromatic carbocycles. The summed E-state index contributed by atoms with van der Waals surface area (Å²) in [5, 5.41) is 18.6. The minimum atomic E-state index is 0.139. The molecule has 0 saturated heterocycles. The molecule has 1 atom stereocenters. The lowest BCUT2D eigenvalue weighted by Gasteiger charge is -2.21. The van der Waals surface area contributed by atoms with Crippen molar-refractivity contribution < 1.29 is 9.84 Å². The van der Waals surface area contributed by atoms with Gasteiger partial charge in [0.15, 0.2) is 11.6 Å². The number of nitrogens with zero attached hydrogens (tertiary/aromatic N) is 4. The largest absolute Gasteiger partial charge is 0.482 e. The second kappa shape index (κ2) is 10.4. The topological polar surface area (TPSA) is 85.1 Å². The minimum Gasteiger partial charge on any atom is -0.482 e. The van der Waals surface area contributed by atoms with E-state index in [4.69, 9.17) is 9.72 Å². The van der Waals surface area contributed by atoms with Crippen LogP contribution in [0.15, 0.2) is 30.5 Å². The zero-order valence-electron chi connectivity index (χ0n) is 18.4. The van der Waals surface area contributed by atoms with Crippen LogP contribution in [-0.4, -0.2) is 37.5 Å². The summed E-state index contributed by atoms with van der Waals surface area (Å²) >= 11 is 0. The van der Waals surface area contributed by atoms with E-state index in [2.05, 4.69) is 42.2 Å². The molecule has 0 aliphatic rings. The van der Waals surface area contributed by atoms with Crippen LogP contribution in [0.2, 0.25) is 0 Å². The lowest BCUT2D eigenvalue weighted by molar-refractivity contribution is 0.275. The summed E-state index contributed by atoms with van der Waals surface area (Å²) < 4.78 is 8.01. The summed E-state index contributed by atoms with van der Waals surface area (Å²) in [5.74, 6) is 2.27. The molecule has 3 rings (SSSR count). The number of aromatic nitrogens is 4. The van der Waals surface area contributed by atoms with Gasteiger partial charge >= 0.3 is 0 Å². The van der Waals surface area contributed by atoms with Crippen LogP contribution in [0.25, 0.3) is 10.9 Å². The first-order chi connectivity index (χ1) is 14.5. The lowest BCUT2D eigenvalue weighted by Crippen LogP contribution is -2.22. The third-order valence-electron chi connectivity index (χ3n) is 5.21. The van der Waals surface area contributed by atoms with E-state index in [0.29, 0.717) is 24.6 Å². The van der Waals surface area contributed by atoms with Gasteiger partial charge in [0.05, 0.1) is 11.7 Å². The predicted molar refractivity (Wildman–Crippen MR) is 120 cm³/mol. The van der Waals surface area contributed by atoms with Gasteiger partial charge in [-0.3, -0.25) is 4.68 Å². The summed E-state index contributed by atoms with van der Waals surface area (Å²) in [4.78, 5) is 9.21. The van der Waals surface area contributed by atoms with Crippen LogP contribution in [0.3, 0.4) is 0 Å². The highest BCUT2D eigenvalue weighted by molar-refractivity contribution is 5.81. The van der Waals surface area contributed by atoms with Crippen LogP contribution >= 0.6 is 0 Å². The summed E-state index contributed by atoms with van der Waals surface area (Å²) in [6, 6.07) is 8.26. The molecule has 30 heavy (non-hydrogen) atoms. The molecule has 0 fully saturated rings. The number of hydrogen-bond acceptors (Lipinski definition) is 6. The van der Waals surface area contributed by atoms with Crippen LogP contribution in [0.5, 0.6) is 5.75 Å². The first-order valence-electron chi connectivity index (χ1n) is 10.8. The normalized spacial score (nSPS) is 12.5. The molecule has 0 spiro atoms. The van der Waals surface area contributed by atoms with E-state index in [1.54, 1.807) is 6.20 Å². The Bertz CT molecular complexity index is 954. The third-order valence-corrected chi connectivity index (χ3v) is 5.21. The monoisotopic (exact) mass is 411 g/mol. The Morgan fingerprint density at radius 2 is 2.00 bits per heavy atom. The van der Waals surface area contributed by atoms with Crippen molar-refractivity contribution in [2.24, 2.45) is 7.05 Å². The van der Waals surface area contributed by atoms with E-state index in [0.717, 1.165) is 41.7 Å². The molecule has 2 N–H and O–H groups in total. The van der Waals surface area contributed by atoms with E-state index in [1.807, 2.05) is 29.9 Å². The van der Waals surface area contributed by atoms with E-state index in [9.17, 15) is 5.11 Å². The van der Waals surface area contributed by atoms with Crippen molar-refractivity contribution in [3.05, 3.63) is 42.0 Å². The predicted octanol–water partition coefficient (Wildman–Crippen LogP) is 4.42. The zero-order chi connectivity index (χ0) is 21.5. The average molecular weight is 412 g/mol. The number of nitrogens with one attached hydrogen (secondary N) is 1. The molecular formula is C23H33N5O2.